The van der Waals surface area contributed by atoms with Crippen LogP contribution in [-0.4, -0.2) is 14.6 Å². The molecule has 0 aliphatic carbocycles. The minimum atomic E-state index is -0.484. The first-order valence-corrected chi connectivity index (χ1v) is 8.90. The first-order valence-electron chi connectivity index (χ1n) is 7.70. The molecule has 0 unspecified atom stereocenters. The first-order chi connectivity index (χ1) is 12.6. The van der Waals surface area contributed by atoms with Crippen LogP contribution in [0.3, 0.4) is 0 Å². The zero-order valence-electron chi connectivity index (χ0n) is 13.3. The number of fused-ring (bicyclic) bond motifs is 1. The van der Waals surface area contributed by atoms with Crippen LogP contribution in [0.4, 0.5) is 4.39 Å². The third-order valence-electron chi connectivity index (χ3n) is 3.70. The summed E-state index contributed by atoms with van der Waals surface area (Å²) in [6.45, 7) is 0. The molecule has 26 heavy (non-hydrogen) atoms. The van der Waals surface area contributed by atoms with Crippen LogP contribution < -0.4 is 10.1 Å². The van der Waals surface area contributed by atoms with Gasteiger partial charge in [0, 0.05) is 5.56 Å². The van der Waals surface area contributed by atoms with Crippen molar-refractivity contribution >= 4 is 46.1 Å². The lowest BCUT2D eigenvalue weighted by atomic mass is 10.2. The molecule has 0 saturated heterocycles. The molecule has 4 aromatic rings. The maximum absolute atomic E-state index is 13.9. The van der Waals surface area contributed by atoms with E-state index in [0.29, 0.717) is 15.3 Å². The predicted octanol–water partition coefficient (Wildman–Crippen LogP) is 3.66. The maximum atomic E-state index is 13.9. The Morgan fingerprint density at radius 3 is 2.62 bits per heavy atom. The Morgan fingerprint density at radius 2 is 1.88 bits per heavy atom. The molecule has 4 nitrogen and oxygen atoms in total. The zero-order chi connectivity index (χ0) is 18.1. The number of hydrogen-bond donors (Lipinski definition) is 0. The van der Waals surface area contributed by atoms with E-state index in [0.717, 1.165) is 16.9 Å². The highest BCUT2D eigenvalue weighted by Gasteiger charge is 2.10. The smallest absolute Gasteiger partial charge is 0.266 e. The Bertz CT molecular complexity index is 1210. The summed E-state index contributed by atoms with van der Waals surface area (Å²) >= 11 is 7.15. The summed E-state index contributed by atoms with van der Waals surface area (Å²) in [5.74, 6) is -0.0462. The molecular weight excluding hydrogens is 373 g/mol. The van der Waals surface area contributed by atoms with Crippen LogP contribution in [0, 0.1) is 5.82 Å². The highest BCUT2D eigenvalue weighted by molar-refractivity contribution is 7.15. The van der Waals surface area contributed by atoms with E-state index in [1.807, 2.05) is 36.4 Å². The van der Waals surface area contributed by atoms with Crippen molar-refractivity contribution < 1.29 is 4.39 Å². The molecule has 128 valence electrons. The maximum Gasteiger partial charge on any atom is 0.291 e. The summed E-state index contributed by atoms with van der Waals surface area (Å²) in [5, 5.41) is 4.45. The minimum Gasteiger partial charge on any atom is -0.266 e. The van der Waals surface area contributed by atoms with Gasteiger partial charge in [-0.25, -0.2) is 4.39 Å². The molecule has 2 aromatic carbocycles. The Balaban J connectivity index is 1.74. The molecule has 7 heteroatoms. The van der Waals surface area contributed by atoms with Gasteiger partial charge in [-0.05, 0) is 29.8 Å². The van der Waals surface area contributed by atoms with E-state index in [9.17, 15) is 9.18 Å². The summed E-state index contributed by atoms with van der Waals surface area (Å²) in [4.78, 5) is 17.3. The van der Waals surface area contributed by atoms with Crippen molar-refractivity contribution in [1.82, 2.24) is 14.6 Å². The summed E-state index contributed by atoms with van der Waals surface area (Å²) in [6.07, 6.45) is 5.04. The standard InChI is InChI=1S/C19H11ClFN3OS/c20-14-7-4-8-15(21)13(14)11-16-18(25)24-19(26-16)22-17(23-24)10-9-12-5-2-1-3-6-12/h1-11H. The molecule has 0 aliphatic rings. The molecule has 0 bridgehead atoms. The van der Waals surface area contributed by atoms with Crippen molar-refractivity contribution in [2.24, 2.45) is 0 Å². The van der Waals surface area contributed by atoms with Crippen LogP contribution in [0.2, 0.25) is 5.02 Å². The minimum absolute atomic E-state index is 0.181. The van der Waals surface area contributed by atoms with Crippen LogP contribution in [0.25, 0.3) is 23.2 Å². The lowest BCUT2D eigenvalue weighted by Gasteiger charge is -1.97. The summed E-state index contributed by atoms with van der Waals surface area (Å²) in [6, 6.07) is 14.1. The fourth-order valence-electron chi connectivity index (χ4n) is 2.43. The number of rotatable bonds is 3. The zero-order valence-corrected chi connectivity index (χ0v) is 14.8. The third-order valence-corrected chi connectivity index (χ3v) is 4.99. The van der Waals surface area contributed by atoms with Crippen molar-refractivity contribution in [1.29, 1.82) is 0 Å². The van der Waals surface area contributed by atoms with Gasteiger partial charge >= 0.3 is 0 Å². The Labute approximate surface area is 156 Å². The molecule has 2 heterocycles. The van der Waals surface area contributed by atoms with Crippen molar-refractivity contribution in [3.05, 3.63) is 91.2 Å². The Morgan fingerprint density at radius 1 is 1.08 bits per heavy atom. The van der Waals surface area contributed by atoms with E-state index < -0.39 is 5.82 Å². The highest BCUT2D eigenvalue weighted by Crippen LogP contribution is 2.19. The van der Waals surface area contributed by atoms with Gasteiger partial charge < -0.3 is 0 Å². The van der Waals surface area contributed by atoms with Crippen molar-refractivity contribution in [3.8, 4) is 0 Å². The van der Waals surface area contributed by atoms with Crippen molar-refractivity contribution in [2.75, 3.05) is 0 Å². The van der Waals surface area contributed by atoms with Gasteiger partial charge in [0.2, 0.25) is 4.96 Å². The topological polar surface area (TPSA) is 47.3 Å². The average molecular weight is 384 g/mol. The van der Waals surface area contributed by atoms with E-state index in [1.165, 1.54) is 22.7 Å². The summed E-state index contributed by atoms with van der Waals surface area (Å²) < 4.78 is 15.5. The number of benzene rings is 2. The van der Waals surface area contributed by atoms with Gasteiger partial charge in [-0.1, -0.05) is 65.4 Å². The largest absolute Gasteiger partial charge is 0.291 e. The molecular formula is C19H11ClFN3OS. The normalized spacial score (nSPS) is 12.5. The van der Waals surface area contributed by atoms with Crippen LogP contribution >= 0.6 is 22.9 Å². The molecule has 0 amide bonds. The molecule has 0 spiro atoms. The van der Waals surface area contributed by atoms with Gasteiger partial charge in [0.05, 0.1) is 9.55 Å². The Hall–Kier alpha value is -2.83. The lowest BCUT2D eigenvalue weighted by Crippen LogP contribution is -2.23. The third kappa shape index (κ3) is 3.16. The number of nitrogens with zero attached hydrogens (tertiary/aromatic N) is 3. The quantitative estimate of drug-likeness (QED) is 0.542. The van der Waals surface area contributed by atoms with Gasteiger partial charge in [0.1, 0.15) is 5.82 Å². The van der Waals surface area contributed by atoms with Crippen LogP contribution in [0.1, 0.15) is 17.0 Å². The van der Waals surface area contributed by atoms with E-state index in [2.05, 4.69) is 10.1 Å². The molecule has 0 aliphatic heterocycles. The number of halogens is 2. The number of aromatic nitrogens is 3. The lowest BCUT2D eigenvalue weighted by molar-refractivity contribution is 0.625. The van der Waals surface area contributed by atoms with Crippen molar-refractivity contribution in [2.45, 2.75) is 0 Å². The fraction of sp³-hybridized carbons (Fsp3) is 0. The van der Waals surface area contributed by atoms with Crippen molar-refractivity contribution in [3.63, 3.8) is 0 Å². The second-order valence-corrected chi connectivity index (χ2v) is 6.88. The molecule has 0 atom stereocenters. The molecule has 4 rings (SSSR count). The van der Waals surface area contributed by atoms with Gasteiger partial charge in [-0.3, -0.25) is 4.79 Å². The van der Waals surface area contributed by atoms with Gasteiger partial charge in [0.15, 0.2) is 5.82 Å². The van der Waals surface area contributed by atoms with Gasteiger partial charge in [-0.2, -0.15) is 9.50 Å². The van der Waals surface area contributed by atoms with Gasteiger partial charge in [0.25, 0.3) is 5.56 Å². The SMILES string of the molecule is O=c1c(=Cc2c(F)cccc2Cl)sc2nc(C=Cc3ccccc3)nn12. The molecule has 0 saturated carbocycles. The van der Waals surface area contributed by atoms with E-state index in [-0.39, 0.29) is 16.1 Å². The second-order valence-electron chi connectivity index (χ2n) is 5.46. The van der Waals surface area contributed by atoms with Crippen LogP contribution in [0.5, 0.6) is 0 Å². The van der Waals surface area contributed by atoms with Crippen LogP contribution in [0.15, 0.2) is 53.3 Å². The summed E-state index contributed by atoms with van der Waals surface area (Å²) in [5.41, 5.74) is 0.840. The monoisotopic (exact) mass is 383 g/mol. The number of thiazole rings is 1. The number of hydrogen-bond acceptors (Lipinski definition) is 4. The predicted molar refractivity (Wildman–Crippen MR) is 103 cm³/mol. The average Bonchev–Trinajstić information content (AvgIpc) is 3.17. The van der Waals surface area contributed by atoms with Crippen LogP contribution in [-0.2, 0) is 0 Å². The first kappa shape index (κ1) is 16.6. The second kappa shape index (κ2) is 6.82. The summed E-state index contributed by atoms with van der Waals surface area (Å²) in [7, 11) is 0. The molecule has 0 fully saturated rings. The highest BCUT2D eigenvalue weighted by atomic mass is 35.5. The fourth-order valence-corrected chi connectivity index (χ4v) is 3.55. The molecule has 2 aromatic heterocycles. The Kier molecular flexibility index (Phi) is 4.36. The molecule has 0 radical (unpaired) electrons. The molecule has 0 N–H and O–H groups in total. The van der Waals surface area contributed by atoms with E-state index >= 15 is 0 Å². The van der Waals surface area contributed by atoms with Gasteiger partial charge in [-0.15, -0.1) is 5.10 Å². The van der Waals surface area contributed by atoms with E-state index in [1.54, 1.807) is 12.1 Å². The van der Waals surface area contributed by atoms with E-state index in [4.69, 9.17) is 11.6 Å².